The Balaban J connectivity index is 1.04. The molecule has 0 aliphatic carbocycles. The molecule has 12 aromatic rings. The maximum Gasteiger partial charge on any atom is 0.0724 e. The molecule has 0 radical (unpaired) electrons. The first-order chi connectivity index (χ1) is 33.3. The van der Waals surface area contributed by atoms with Crippen LogP contribution in [-0.4, -0.2) is 4.57 Å². The number of para-hydroxylation sites is 9. The summed E-state index contributed by atoms with van der Waals surface area (Å²) in [6.07, 6.45) is 0. The first-order valence-corrected chi connectivity index (χ1v) is 22.9. The van der Waals surface area contributed by atoms with E-state index in [0.29, 0.717) is 0 Å². The third-order valence-corrected chi connectivity index (χ3v) is 13.7. The van der Waals surface area contributed by atoms with Crippen molar-refractivity contribution in [3.05, 3.63) is 249 Å². The van der Waals surface area contributed by atoms with Crippen molar-refractivity contribution < 1.29 is 0 Å². The summed E-state index contributed by atoms with van der Waals surface area (Å²) in [5, 5.41) is 7.19. The van der Waals surface area contributed by atoms with Gasteiger partial charge in [0.25, 0.3) is 0 Å². The van der Waals surface area contributed by atoms with Crippen LogP contribution in [0.5, 0.6) is 0 Å². The summed E-state index contributed by atoms with van der Waals surface area (Å²) in [6, 6.07) is 90.7. The molecule has 0 amide bonds. The van der Waals surface area contributed by atoms with Gasteiger partial charge in [0.15, 0.2) is 0 Å². The molecule has 2 aliphatic rings. The van der Waals surface area contributed by atoms with E-state index in [-0.39, 0.29) is 0 Å². The maximum atomic E-state index is 2.51. The predicted molar refractivity (Wildman–Crippen MR) is 282 cm³/mol. The van der Waals surface area contributed by atoms with Gasteiger partial charge in [-0.1, -0.05) is 140 Å². The van der Waals surface area contributed by atoms with Crippen LogP contribution in [0.15, 0.2) is 249 Å². The van der Waals surface area contributed by atoms with Crippen molar-refractivity contribution >= 4 is 112 Å². The predicted octanol–water partition coefficient (Wildman–Crippen LogP) is 17.6. The minimum Gasteiger partial charge on any atom is -0.309 e. The topological polar surface area (TPSA) is 17.9 Å². The fourth-order valence-electron chi connectivity index (χ4n) is 10.9. The van der Waals surface area contributed by atoms with Crippen molar-refractivity contribution in [3.8, 4) is 5.69 Å². The normalized spacial score (nSPS) is 13.0. The van der Waals surface area contributed by atoms with E-state index in [1.807, 2.05) is 0 Å². The molecule has 5 heteroatoms. The number of anilines is 12. The van der Waals surface area contributed by atoms with Crippen LogP contribution in [0.4, 0.5) is 68.2 Å². The average molecular weight is 856 g/mol. The van der Waals surface area contributed by atoms with E-state index in [4.69, 9.17) is 0 Å². The van der Waals surface area contributed by atoms with Crippen molar-refractivity contribution in [2.75, 3.05) is 19.6 Å². The molecule has 0 atom stereocenters. The second-order valence-corrected chi connectivity index (χ2v) is 17.4. The fourth-order valence-corrected chi connectivity index (χ4v) is 10.9. The number of nitrogens with zero attached hydrogens (tertiary/aromatic N) is 5. The third kappa shape index (κ3) is 5.62. The number of fused-ring (bicyclic) bond motifs is 9. The summed E-state index contributed by atoms with van der Waals surface area (Å²) < 4.78 is 2.45. The van der Waals surface area contributed by atoms with Crippen LogP contribution in [-0.2, 0) is 0 Å². The summed E-state index contributed by atoms with van der Waals surface area (Å²) in [5.74, 6) is 0. The summed E-state index contributed by atoms with van der Waals surface area (Å²) >= 11 is 0. The lowest BCUT2D eigenvalue weighted by atomic mass is 9.98. The van der Waals surface area contributed by atoms with Gasteiger partial charge in [0.2, 0.25) is 0 Å². The molecular weight excluding hydrogens is 815 g/mol. The number of rotatable bonds is 5. The first kappa shape index (κ1) is 37.3. The molecule has 1 aromatic heterocycles. The molecule has 0 fully saturated rings. The number of hydrogen-bond acceptors (Lipinski definition) is 4. The van der Waals surface area contributed by atoms with Crippen LogP contribution in [0.25, 0.3) is 49.0 Å². The number of aromatic nitrogens is 1. The van der Waals surface area contributed by atoms with Gasteiger partial charge in [-0.15, -0.1) is 0 Å². The van der Waals surface area contributed by atoms with Crippen LogP contribution in [0.2, 0.25) is 0 Å². The van der Waals surface area contributed by atoms with Crippen LogP contribution in [0, 0.1) is 0 Å². The van der Waals surface area contributed by atoms with Crippen LogP contribution >= 0.6 is 0 Å². The minimum absolute atomic E-state index is 1.10. The monoisotopic (exact) mass is 855 g/mol. The van der Waals surface area contributed by atoms with Gasteiger partial charge >= 0.3 is 0 Å². The van der Waals surface area contributed by atoms with E-state index < -0.39 is 0 Å². The van der Waals surface area contributed by atoms with Gasteiger partial charge in [0, 0.05) is 38.6 Å². The fraction of sp³-hybridized carbons (Fsp3) is 0. The van der Waals surface area contributed by atoms with Gasteiger partial charge in [-0.05, 0) is 120 Å². The SMILES string of the molecule is c1ccc(N2c3ccccc3N(c3cccc4c(N5c6ccccc6N(c6ccccc6)c6cc7c8cc9ccccc9cc8n(-c8ccccc8)c7cc65)cccc34)c3ccccc32)cc1. The van der Waals surface area contributed by atoms with Gasteiger partial charge in [-0.2, -0.15) is 0 Å². The van der Waals surface area contributed by atoms with E-state index in [0.717, 1.165) is 90.2 Å². The van der Waals surface area contributed by atoms with Crippen LogP contribution < -0.4 is 19.6 Å². The zero-order valence-electron chi connectivity index (χ0n) is 36.4. The van der Waals surface area contributed by atoms with Gasteiger partial charge in [-0.3, -0.25) is 0 Å². The van der Waals surface area contributed by atoms with E-state index >= 15 is 0 Å². The molecule has 0 bridgehead atoms. The molecule has 0 spiro atoms. The highest BCUT2D eigenvalue weighted by Gasteiger charge is 2.35. The number of hydrogen-bond donors (Lipinski definition) is 0. The van der Waals surface area contributed by atoms with E-state index in [1.165, 1.54) is 27.1 Å². The van der Waals surface area contributed by atoms with Gasteiger partial charge in [-0.25, -0.2) is 0 Å². The number of benzene rings is 11. The second kappa shape index (κ2) is 14.7. The van der Waals surface area contributed by atoms with Gasteiger partial charge in [0.1, 0.15) is 0 Å². The molecule has 2 aliphatic heterocycles. The Bertz CT molecular complexity index is 3850. The molecule has 0 saturated heterocycles. The van der Waals surface area contributed by atoms with Crippen molar-refractivity contribution in [2.24, 2.45) is 0 Å². The Morgan fingerprint density at radius 2 is 0.537 bits per heavy atom. The Hall–Kier alpha value is -9.06. The lowest BCUT2D eigenvalue weighted by Gasteiger charge is -2.41. The highest BCUT2D eigenvalue weighted by atomic mass is 15.3. The van der Waals surface area contributed by atoms with E-state index in [9.17, 15) is 0 Å². The van der Waals surface area contributed by atoms with Crippen molar-refractivity contribution in [1.82, 2.24) is 4.57 Å². The quantitative estimate of drug-likeness (QED) is 0.172. The van der Waals surface area contributed by atoms with Crippen molar-refractivity contribution in [1.29, 1.82) is 0 Å². The maximum absolute atomic E-state index is 2.51. The molecule has 67 heavy (non-hydrogen) atoms. The van der Waals surface area contributed by atoms with E-state index in [1.54, 1.807) is 0 Å². The largest absolute Gasteiger partial charge is 0.309 e. The van der Waals surface area contributed by atoms with E-state index in [2.05, 4.69) is 273 Å². The Kier molecular flexibility index (Phi) is 8.21. The molecular formula is C62H41N5. The lowest BCUT2D eigenvalue weighted by Crippen LogP contribution is -2.25. The molecule has 314 valence electrons. The molecule has 0 unspecified atom stereocenters. The average Bonchev–Trinajstić information content (AvgIpc) is 3.70. The molecule has 3 heterocycles. The smallest absolute Gasteiger partial charge is 0.0724 e. The summed E-state index contributed by atoms with van der Waals surface area (Å²) in [7, 11) is 0. The molecule has 0 saturated carbocycles. The highest BCUT2D eigenvalue weighted by Crippen LogP contribution is 2.59. The van der Waals surface area contributed by atoms with Crippen molar-refractivity contribution in [2.45, 2.75) is 0 Å². The molecule has 11 aromatic carbocycles. The van der Waals surface area contributed by atoms with Gasteiger partial charge in [0.05, 0.1) is 67.9 Å². The van der Waals surface area contributed by atoms with Crippen molar-refractivity contribution in [3.63, 3.8) is 0 Å². The zero-order valence-corrected chi connectivity index (χ0v) is 36.4. The Morgan fingerprint density at radius 1 is 0.194 bits per heavy atom. The second-order valence-electron chi connectivity index (χ2n) is 17.4. The minimum atomic E-state index is 1.10. The molecule has 0 N–H and O–H groups in total. The summed E-state index contributed by atoms with van der Waals surface area (Å²) in [6.45, 7) is 0. The highest BCUT2D eigenvalue weighted by molar-refractivity contribution is 6.19. The standard InChI is InChI=1S/C62H41N5/c1-4-22-44(23-5-1)63-53-30-12-15-33-56(53)66(57-34-16-13-31-54(57)63)51-36-18-29-48-47(51)28-19-37-52(48)67-58-35-17-14-32-55(58)64(45-24-6-2-7-25-45)61-40-50-49-38-42-20-10-11-21-43(42)39-59(49)65(60(50)41-62(61)67)46-26-8-3-9-27-46/h1-41H. The first-order valence-electron chi connectivity index (χ1n) is 22.9. The Morgan fingerprint density at radius 3 is 1.04 bits per heavy atom. The lowest BCUT2D eigenvalue weighted by molar-refractivity contribution is 1.16. The zero-order chi connectivity index (χ0) is 44.0. The molecule has 5 nitrogen and oxygen atoms in total. The Labute approximate surface area is 388 Å². The third-order valence-electron chi connectivity index (χ3n) is 13.7. The summed E-state index contributed by atoms with van der Waals surface area (Å²) in [4.78, 5) is 9.80. The molecule has 14 rings (SSSR count). The van der Waals surface area contributed by atoms with Crippen LogP contribution in [0.1, 0.15) is 0 Å². The van der Waals surface area contributed by atoms with Gasteiger partial charge < -0.3 is 24.2 Å². The summed E-state index contributed by atoms with van der Waals surface area (Å²) in [5.41, 5.74) is 16.9. The van der Waals surface area contributed by atoms with Crippen LogP contribution in [0.3, 0.4) is 0 Å².